The second-order valence-electron chi connectivity index (χ2n) is 11.0. The summed E-state index contributed by atoms with van der Waals surface area (Å²) in [7, 11) is 0. The highest BCUT2D eigenvalue weighted by Crippen LogP contribution is 2.10. The average molecular weight is 625 g/mol. The lowest BCUT2D eigenvalue weighted by Crippen LogP contribution is -3.13. The first-order chi connectivity index (χ1) is 19.4. The van der Waals surface area contributed by atoms with E-state index in [4.69, 9.17) is 9.47 Å². The zero-order chi connectivity index (χ0) is 29.0. The van der Waals surface area contributed by atoms with Crippen molar-refractivity contribution in [1.29, 1.82) is 0 Å². The number of quaternary nitrogens is 1. The van der Waals surface area contributed by atoms with Crippen molar-refractivity contribution in [2.45, 2.75) is 72.6 Å². The number of ether oxygens (including phenoxy) is 2. The van der Waals surface area contributed by atoms with Crippen LogP contribution in [0.2, 0.25) is 0 Å². The van der Waals surface area contributed by atoms with Gasteiger partial charge in [-0.1, -0.05) is 73.0 Å². The van der Waals surface area contributed by atoms with E-state index in [9.17, 15) is 9.59 Å². The van der Waals surface area contributed by atoms with Crippen LogP contribution in [-0.2, 0) is 9.47 Å². The highest BCUT2D eigenvalue weighted by molar-refractivity contribution is 5.97. The normalized spacial score (nSPS) is 16.8. The van der Waals surface area contributed by atoms with E-state index in [0.717, 1.165) is 30.9 Å². The van der Waals surface area contributed by atoms with Crippen molar-refractivity contribution in [2.75, 3.05) is 52.7 Å². The van der Waals surface area contributed by atoms with Gasteiger partial charge in [-0.05, 0) is 66.0 Å². The van der Waals surface area contributed by atoms with Gasteiger partial charge in [-0.25, -0.2) is 0 Å². The Labute approximate surface area is 267 Å². The molecule has 0 spiro atoms. The number of hydrogen-bond donors (Lipinski definition) is 2. The molecule has 5 rings (SSSR count). The summed E-state index contributed by atoms with van der Waals surface area (Å²) < 4.78 is 9.44. The molecular formula is C34H53Cl2N2O4-. The van der Waals surface area contributed by atoms with Crippen LogP contribution in [0.1, 0.15) is 90.6 Å². The van der Waals surface area contributed by atoms with Crippen LogP contribution in [0.3, 0.4) is 0 Å². The molecular weight excluding hydrogens is 571 g/mol. The van der Waals surface area contributed by atoms with Gasteiger partial charge in [0.25, 0.3) is 0 Å². The summed E-state index contributed by atoms with van der Waals surface area (Å²) in [4.78, 5) is 25.0. The van der Waals surface area contributed by atoms with E-state index >= 15 is 0 Å². The molecule has 0 aromatic heterocycles. The Balaban J connectivity index is 0.000000594. The number of nitrogens with one attached hydrogen (secondary N) is 2. The first-order valence-corrected chi connectivity index (χ1v) is 15.3. The van der Waals surface area contributed by atoms with Crippen molar-refractivity contribution < 1.29 is 48.8 Å². The molecule has 0 aliphatic carbocycles. The van der Waals surface area contributed by atoms with E-state index < -0.39 is 0 Å². The third-order valence-corrected chi connectivity index (χ3v) is 7.38. The molecule has 0 saturated carbocycles. The molecule has 3 fully saturated rings. The molecule has 2 N–H and O–H groups in total. The Morgan fingerprint density at radius 3 is 1.62 bits per heavy atom. The van der Waals surface area contributed by atoms with Gasteiger partial charge < -0.3 is 44.5 Å². The molecule has 3 heterocycles. The minimum absolute atomic E-state index is 0. The summed E-state index contributed by atoms with van der Waals surface area (Å²) in [5, 5.41) is 3.28. The van der Waals surface area contributed by atoms with Gasteiger partial charge in [0.1, 0.15) is 6.79 Å². The van der Waals surface area contributed by atoms with E-state index in [1.165, 1.54) is 75.8 Å². The molecule has 2 aromatic carbocycles. The van der Waals surface area contributed by atoms with Gasteiger partial charge in [-0.2, -0.15) is 0 Å². The second-order valence-corrected chi connectivity index (χ2v) is 11.0. The number of ketones is 2. The fraction of sp³-hybridized carbons (Fsp3) is 0.588. The Hall–Kier alpha value is -1.80. The molecule has 8 heteroatoms. The maximum absolute atomic E-state index is 12.3. The number of likely N-dealkylation sites (tertiary alicyclic amines) is 1. The SMILES string of the molecule is C1CCNCC1.C1COCO1.CCC(=O)c1ccc(C)cc1.Cc1ccc(C(=O)C(C)C[NH+]2CCCCC2)cc1.[Cl-].[Cl-]. The lowest BCUT2D eigenvalue weighted by atomic mass is 9.97. The first kappa shape index (κ1) is 40.2. The zero-order valence-electron chi connectivity index (χ0n) is 26.2. The van der Waals surface area contributed by atoms with Gasteiger partial charge in [0.2, 0.25) is 0 Å². The van der Waals surface area contributed by atoms with Crippen molar-refractivity contribution in [1.82, 2.24) is 5.32 Å². The molecule has 0 amide bonds. The fourth-order valence-corrected chi connectivity index (χ4v) is 4.82. The van der Waals surface area contributed by atoms with Gasteiger partial charge in [0.05, 0.1) is 38.8 Å². The number of piperidine rings is 2. The lowest BCUT2D eigenvalue weighted by molar-refractivity contribution is -0.906. The summed E-state index contributed by atoms with van der Waals surface area (Å²) in [5.74, 6) is 0.652. The van der Waals surface area contributed by atoms with Gasteiger partial charge in [0, 0.05) is 17.5 Å². The van der Waals surface area contributed by atoms with Crippen molar-refractivity contribution in [3.8, 4) is 0 Å². The first-order valence-electron chi connectivity index (χ1n) is 15.3. The maximum atomic E-state index is 12.3. The standard InChI is InChI=1S/C16H23NO.C10H12O.C5H11N.C3H6O2.2ClH/c1-13-6-8-15(9-7-13)16(18)14(2)12-17-10-4-3-5-11-17;1-3-10(11)9-6-4-8(2)5-7-9;1-2-4-6-5-3-1;1-2-5-3-4-1;;/h6-9,14H,3-5,10-12H2,1-2H3;4-7H,3H2,1-2H3;6H,1-5H2;1-3H2;2*1H/p-1. The van der Waals surface area contributed by atoms with E-state index in [1.54, 1.807) is 4.90 Å². The fourth-order valence-electron chi connectivity index (χ4n) is 4.82. The van der Waals surface area contributed by atoms with E-state index in [-0.39, 0.29) is 36.5 Å². The number of benzene rings is 2. The highest BCUT2D eigenvalue weighted by atomic mass is 35.5. The Kier molecular flexibility index (Phi) is 23.6. The van der Waals surface area contributed by atoms with Crippen LogP contribution in [0, 0.1) is 19.8 Å². The molecule has 0 bridgehead atoms. The van der Waals surface area contributed by atoms with Crippen LogP contribution in [0.15, 0.2) is 48.5 Å². The molecule has 6 nitrogen and oxygen atoms in total. The second kappa shape index (κ2) is 24.6. The number of carbonyl (C=O) groups is 2. The largest absolute Gasteiger partial charge is 1.00 e. The molecule has 3 aliphatic rings. The highest BCUT2D eigenvalue weighted by Gasteiger charge is 2.22. The molecule has 42 heavy (non-hydrogen) atoms. The number of carbonyl (C=O) groups excluding carboxylic acids is 2. The monoisotopic (exact) mass is 623 g/mol. The number of hydrogen-bond acceptors (Lipinski definition) is 5. The number of rotatable bonds is 6. The third kappa shape index (κ3) is 17.3. The van der Waals surface area contributed by atoms with Crippen molar-refractivity contribution in [3.05, 3.63) is 70.8 Å². The topological polar surface area (TPSA) is 69.1 Å². The quantitative estimate of drug-likeness (QED) is 0.414. The minimum Gasteiger partial charge on any atom is -1.00 e. The Morgan fingerprint density at radius 2 is 1.24 bits per heavy atom. The van der Waals surface area contributed by atoms with E-state index in [1.807, 2.05) is 62.4 Å². The lowest BCUT2D eigenvalue weighted by Gasteiger charge is -2.25. The molecule has 1 atom stereocenters. The smallest absolute Gasteiger partial charge is 0.171 e. The van der Waals surface area contributed by atoms with E-state index in [0.29, 0.717) is 19.0 Å². The van der Waals surface area contributed by atoms with Gasteiger partial charge >= 0.3 is 0 Å². The van der Waals surface area contributed by atoms with Crippen LogP contribution < -0.4 is 35.0 Å². The van der Waals surface area contributed by atoms with Crippen molar-refractivity contribution in [2.24, 2.45) is 5.92 Å². The van der Waals surface area contributed by atoms with Gasteiger partial charge in [0.15, 0.2) is 11.6 Å². The third-order valence-electron chi connectivity index (χ3n) is 7.38. The maximum Gasteiger partial charge on any atom is 0.171 e. The average Bonchev–Trinajstić information content (AvgIpc) is 3.60. The molecule has 3 aliphatic heterocycles. The number of halogens is 2. The van der Waals surface area contributed by atoms with Crippen LogP contribution in [0.4, 0.5) is 0 Å². The predicted molar refractivity (Wildman–Crippen MR) is 163 cm³/mol. The number of aryl methyl sites for hydroxylation is 2. The van der Waals surface area contributed by atoms with Gasteiger partial charge in [-0.15, -0.1) is 0 Å². The summed E-state index contributed by atoms with van der Waals surface area (Å²) in [6, 6.07) is 15.6. The Morgan fingerprint density at radius 1 is 0.762 bits per heavy atom. The summed E-state index contributed by atoms with van der Waals surface area (Å²) >= 11 is 0. The molecule has 1 unspecified atom stereocenters. The molecule has 0 radical (unpaired) electrons. The van der Waals surface area contributed by atoms with Crippen molar-refractivity contribution in [3.63, 3.8) is 0 Å². The van der Waals surface area contributed by atoms with Crippen LogP contribution in [-0.4, -0.2) is 64.3 Å². The van der Waals surface area contributed by atoms with E-state index in [2.05, 4.69) is 19.2 Å². The minimum atomic E-state index is 0. The van der Waals surface area contributed by atoms with Crippen LogP contribution in [0.25, 0.3) is 0 Å². The summed E-state index contributed by atoms with van der Waals surface area (Å²) in [5.41, 5.74) is 4.08. The van der Waals surface area contributed by atoms with Crippen molar-refractivity contribution >= 4 is 11.6 Å². The number of Topliss-reactive ketones (excluding diaryl/α,β-unsaturated/α-hetero) is 2. The summed E-state index contributed by atoms with van der Waals surface area (Å²) in [6.45, 7) is 16.0. The predicted octanol–water partition coefficient (Wildman–Crippen LogP) is -0.771. The van der Waals surface area contributed by atoms with Crippen LogP contribution >= 0.6 is 0 Å². The van der Waals surface area contributed by atoms with Gasteiger partial charge in [-0.3, -0.25) is 9.59 Å². The molecule has 3 saturated heterocycles. The van der Waals surface area contributed by atoms with Crippen LogP contribution in [0.5, 0.6) is 0 Å². The molecule has 2 aromatic rings. The molecule has 238 valence electrons. The summed E-state index contributed by atoms with van der Waals surface area (Å²) in [6.07, 6.45) is 8.81. The Bertz CT molecular complexity index is 937. The zero-order valence-corrected chi connectivity index (χ0v) is 27.7.